The number of hydrogen-bond acceptors (Lipinski definition) is 2. The van der Waals surface area contributed by atoms with Crippen molar-refractivity contribution in [3.05, 3.63) is 35.1 Å². The van der Waals surface area contributed by atoms with E-state index in [1.54, 1.807) is 0 Å². The van der Waals surface area contributed by atoms with Gasteiger partial charge in [-0.15, -0.1) is 0 Å². The van der Waals surface area contributed by atoms with Crippen LogP contribution in [0.25, 0.3) is 0 Å². The Balaban J connectivity index is 2.50. The fourth-order valence-electron chi connectivity index (χ4n) is 2.75. The Morgan fingerprint density at radius 2 is 1.65 bits per heavy atom. The van der Waals surface area contributed by atoms with Gasteiger partial charge in [0, 0.05) is 37.8 Å². The first-order valence-corrected chi connectivity index (χ1v) is 6.97. The zero-order chi connectivity index (χ0) is 17.3. The lowest BCUT2D eigenvalue weighted by Gasteiger charge is -2.36. The van der Waals surface area contributed by atoms with Gasteiger partial charge in [0.05, 0.1) is 12.0 Å². The van der Waals surface area contributed by atoms with Crippen molar-refractivity contribution in [1.82, 2.24) is 10.2 Å². The average molecular weight is 344 g/mol. The van der Waals surface area contributed by atoms with Crippen molar-refractivity contribution in [3.63, 3.8) is 0 Å². The second-order valence-electron chi connectivity index (χ2n) is 5.32. The highest BCUT2D eigenvalue weighted by Gasteiger charge is 2.42. The number of piperazine rings is 1. The lowest BCUT2D eigenvalue weighted by atomic mass is 9.94. The number of nitrogens with one attached hydrogen (secondary N) is 1. The third kappa shape index (κ3) is 4.57. The predicted molar refractivity (Wildman–Crippen MR) is 69.3 cm³/mol. The fourth-order valence-corrected chi connectivity index (χ4v) is 2.75. The van der Waals surface area contributed by atoms with Crippen LogP contribution in [0.4, 0.5) is 30.7 Å². The van der Waals surface area contributed by atoms with Gasteiger partial charge in [-0.2, -0.15) is 26.3 Å². The lowest BCUT2D eigenvalue weighted by Crippen LogP contribution is -2.46. The Labute approximate surface area is 128 Å². The molecule has 1 aromatic carbocycles. The van der Waals surface area contributed by atoms with E-state index in [2.05, 4.69) is 5.32 Å². The minimum Gasteiger partial charge on any atom is -0.314 e. The third-order valence-electron chi connectivity index (χ3n) is 3.71. The maximum atomic E-state index is 14.1. The van der Waals surface area contributed by atoms with E-state index in [1.165, 1.54) is 4.90 Å². The van der Waals surface area contributed by atoms with E-state index in [0.29, 0.717) is 19.2 Å². The molecule has 0 radical (unpaired) electrons. The van der Waals surface area contributed by atoms with Gasteiger partial charge in [0.15, 0.2) is 0 Å². The van der Waals surface area contributed by atoms with Gasteiger partial charge in [0.2, 0.25) is 0 Å². The summed E-state index contributed by atoms with van der Waals surface area (Å²) in [5.41, 5.74) is -2.29. The summed E-state index contributed by atoms with van der Waals surface area (Å²) in [7, 11) is 0. The maximum Gasteiger partial charge on any atom is 0.416 e. The molecule has 1 aromatic rings. The number of rotatable bonds is 3. The minimum atomic E-state index is -4.92. The van der Waals surface area contributed by atoms with Crippen molar-refractivity contribution in [2.24, 2.45) is 0 Å². The molecule has 0 saturated carbocycles. The van der Waals surface area contributed by atoms with Crippen molar-refractivity contribution >= 4 is 0 Å². The molecule has 0 aromatic heterocycles. The molecule has 1 heterocycles. The summed E-state index contributed by atoms with van der Waals surface area (Å²) in [5.74, 6) is -1.27. The highest BCUT2D eigenvalue weighted by molar-refractivity contribution is 5.34. The zero-order valence-corrected chi connectivity index (χ0v) is 11.9. The van der Waals surface area contributed by atoms with Crippen LogP contribution in [-0.2, 0) is 6.18 Å². The standard InChI is InChI=1S/C14H15F7N2/c15-10-3-1-2-9(14(19,20)21)12(10)11(8-13(16,17)18)23-6-4-22-5-7-23/h1-3,11,22H,4-8H2/t11-/m0/s1. The van der Waals surface area contributed by atoms with E-state index in [4.69, 9.17) is 0 Å². The van der Waals surface area contributed by atoms with Crippen LogP contribution in [0.3, 0.4) is 0 Å². The monoisotopic (exact) mass is 344 g/mol. The molecule has 1 aliphatic heterocycles. The van der Waals surface area contributed by atoms with Gasteiger partial charge in [-0.05, 0) is 12.1 Å². The quantitative estimate of drug-likeness (QED) is 0.841. The summed E-state index contributed by atoms with van der Waals surface area (Å²) in [4.78, 5) is 1.25. The van der Waals surface area contributed by atoms with Crippen LogP contribution < -0.4 is 5.32 Å². The van der Waals surface area contributed by atoms with E-state index < -0.39 is 41.8 Å². The third-order valence-corrected chi connectivity index (χ3v) is 3.71. The normalized spacial score (nSPS) is 18.9. The molecule has 0 bridgehead atoms. The van der Waals surface area contributed by atoms with E-state index in [-0.39, 0.29) is 13.1 Å². The van der Waals surface area contributed by atoms with Crippen LogP contribution in [0.15, 0.2) is 18.2 Å². The van der Waals surface area contributed by atoms with Crippen molar-refractivity contribution < 1.29 is 30.7 Å². The van der Waals surface area contributed by atoms with Crippen molar-refractivity contribution in [3.8, 4) is 0 Å². The van der Waals surface area contributed by atoms with Gasteiger partial charge < -0.3 is 5.32 Å². The summed E-state index contributed by atoms with van der Waals surface area (Å²) in [6.07, 6.45) is -11.2. The largest absolute Gasteiger partial charge is 0.416 e. The van der Waals surface area contributed by atoms with Crippen LogP contribution in [0.5, 0.6) is 0 Å². The first-order chi connectivity index (χ1) is 10.6. The molecule has 1 aliphatic rings. The molecule has 2 nitrogen and oxygen atoms in total. The number of benzene rings is 1. The van der Waals surface area contributed by atoms with Gasteiger partial charge >= 0.3 is 12.4 Å². The topological polar surface area (TPSA) is 15.3 Å². The van der Waals surface area contributed by atoms with Crippen LogP contribution >= 0.6 is 0 Å². The van der Waals surface area contributed by atoms with E-state index in [0.717, 1.165) is 12.1 Å². The summed E-state index contributed by atoms with van der Waals surface area (Å²) in [6, 6.07) is 0.527. The molecule has 9 heteroatoms. The summed E-state index contributed by atoms with van der Waals surface area (Å²) >= 11 is 0. The average Bonchev–Trinajstić information content (AvgIpc) is 2.44. The second-order valence-corrected chi connectivity index (χ2v) is 5.32. The Kier molecular flexibility index (Phi) is 5.20. The minimum absolute atomic E-state index is 0.117. The zero-order valence-electron chi connectivity index (χ0n) is 11.9. The highest BCUT2D eigenvalue weighted by atomic mass is 19.4. The number of halogens is 7. The number of nitrogens with zero attached hydrogens (tertiary/aromatic N) is 1. The first kappa shape index (κ1) is 18.0. The molecular formula is C14H15F7N2. The van der Waals surface area contributed by atoms with Crippen LogP contribution in [0.1, 0.15) is 23.6 Å². The molecule has 0 amide bonds. The maximum absolute atomic E-state index is 14.1. The molecule has 0 spiro atoms. The Bertz CT molecular complexity index is 533. The van der Waals surface area contributed by atoms with E-state index in [9.17, 15) is 30.7 Å². The summed E-state index contributed by atoms with van der Waals surface area (Å²) in [6.45, 7) is 0.910. The van der Waals surface area contributed by atoms with E-state index >= 15 is 0 Å². The highest BCUT2D eigenvalue weighted by Crippen LogP contribution is 2.41. The second kappa shape index (κ2) is 6.64. The molecule has 1 atom stereocenters. The molecule has 2 rings (SSSR count). The molecule has 130 valence electrons. The predicted octanol–water partition coefficient (Wildman–Crippen LogP) is 3.74. The Morgan fingerprint density at radius 3 is 2.17 bits per heavy atom. The van der Waals surface area contributed by atoms with E-state index in [1.807, 2.05) is 0 Å². The molecule has 0 aliphatic carbocycles. The SMILES string of the molecule is Fc1cccc(C(F)(F)F)c1[C@H](CC(F)(F)F)N1CCNCC1. The number of hydrogen-bond donors (Lipinski definition) is 1. The van der Waals surface area contributed by atoms with Crippen molar-refractivity contribution in [2.45, 2.75) is 24.8 Å². The summed E-state index contributed by atoms with van der Waals surface area (Å²) < 4.78 is 92.0. The van der Waals surface area contributed by atoms with Crippen molar-refractivity contribution in [1.29, 1.82) is 0 Å². The Morgan fingerprint density at radius 1 is 1.04 bits per heavy atom. The van der Waals surface area contributed by atoms with Gasteiger partial charge in [-0.25, -0.2) is 4.39 Å². The van der Waals surface area contributed by atoms with Gasteiger partial charge in [0.25, 0.3) is 0 Å². The Hall–Kier alpha value is -1.35. The first-order valence-electron chi connectivity index (χ1n) is 6.97. The molecule has 1 fully saturated rings. The summed E-state index contributed by atoms with van der Waals surface area (Å²) in [5, 5.41) is 2.90. The molecule has 23 heavy (non-hydrogen) atoms. The molecule has 1 saturated heterocycles. The van der Waals surface area contributed by atoms with Crippen molar-refractivity contribution in [2.75, 3.05) is 26.2 Å². The molecular weight excluding hydrogens is 329 g/mol. The molecule has 0 unspecified atom stereocenters. The smallest absolute Gasteiger partial charge is 0.314 e. The fraction of sp³-hybridized carbons (Fsp3) is 0.571. The van der Waals surface area contributed by atoms with Gasteiger partial charge in [0.1, 0.15) is 5.82 Å². The molecule has 1 N–H and O–H groups in total. The lowest BCUT2D eigenvalue weighted by molar-refractivity contribution is -0.153. The van der Waals surface area contributed by atoms with Crippen LogP contribution in [-0.4, -0.2) is 37.3 Å². The van der Waals surface area contributed by atoms with Crippen LogP contribution in [0, 0.1) is 5.82 Å². The van der Waals surface area contributed by atoms with Gasteiger partial charge in [-0.3, -0.25) is 4.90 Å². The van der Waals surface area contributed by atoms with Gasteiger partial charge in [-0.1, -0.05) is 6.07 Å². The number of alkyl halides is 6. The van der Waals surface area contributed by atoms with Crippen LogP contribution in [0.2, 0.25) is 0 Å².